The first kappa shape index (κ1) is 21.6. The Kier molecular flexibility index (Phi) is 7.86. The van der Waals surface area contributed by atoms with Gasteiger partial charge in [-0.2, -0.15) is 0 Å². The molecule has 160 valence electrons. The van der Waals surface area contributed by atoms with Crippen LogP contribution in [0.1, 0.15) is 50.5 Å². The van der Waals surface area contributed by atoms with Crippen LogP contribution in [-0.2, 0) is 16.1 Å². The molecule has 6 nitrogen and oxygen atoms in total. The lowest BCUT2D eigenvalue weighted by atomic mass is 10.0. The topological polar surface area (TPSA) is 70.7 Å². The normalized spacial score (nSPS) is 20.5. The van der Waals surface area contributed by atoms with Crippen LogP contribution in [0.4, 0.5) is 4.39 Å². The number of nitrogens with zero attached hydrogens (tertiary/aromatic N) is 1. The summed E-state index contributed by atoms with van der Waals surface area (Å²) < 4.78 is 19.4. The van der Waals surface area contributed by atoms with Gasteiger partial charge in [-0.3, -0.25) is 14.5 Å². The number of carbonyl (C=O) groups excluding carboxylic acids is 2. The molecule has 1 saturated heterocycles. The van der Waals surface area contributed by atoms with E-state index in [4.69, 9.17) is 4.74 Å². The standard InChI is InChI=1S/C22H32FN3O3/c1-29-18-9-8-17(19(23)13-18)15-26-12-11-25-22(28)20(26)14-21(27)24-10-4-7-16-5-2-3-6-16/h8-9,13,16,20H,2-7,10-12,14-15H2,1H3,(H,24,27)(H,25,28)/t20-/m0/s1. The van der Waals surface area contributed by atoms with Crippen molar-refractivity contribution in [3.63, 3.8) is 0 Å². The summed E-state index contributed by atoms with van der Waals surface area (Å²) in [5.74, 6) is 0.595. The molecule has 1 aromatic rings. The maximum Gasteiger partial charge on any atom is 0.237 e. The number of benzene rings is 1. The highest BCUT2D eigenvalue weighted by Crippen LogP contribution is 2.28. The first-order valence-electron chi connectivity index (χ1n) is 10.7. The molecular formula is C22H32FN3O3. The van der Waals surface area contributed by atoms with Gasteiger partial charge in [-0.05, 0) is 24.8 Å². The molecule has 1 aliphatic carbocycles. The molecule has 0 aromatic heterocycles. The number of hydrogen-bond donors (Lipinski definition) is 2. The van der Waals surface area contributed by atoms with Gasteiger partial charge in [0.2, 0.25) is 11.8 Å². The summed E-state index contributed by atoms with van der Waals surface area (Å²) >= 11 is 0. The van der Waals surface area contributed by atoms with E-state index < -0.39 is 6.04 Å². The van der Waals surface area contributed by atoms with Crippen molar-refractivity contribution in [2.75, 3.05) is 26.7 Å². The maximum atomic E-state index is 14.3. The van der Waals surface area contributed by atoms with Crippen LogP contribution in [0.5, 0.6) is 5.75 Å². The predicted octanol–water partition coefficient (Wildman–Crippen LogP) is 2.61. The molecule has 2 N–H and O–H groups in total. The molecule has 2 aliphatic rings. The summed E-state index contributed by atoms with van der Waals surface area (Å²) in [6.45, 7) is 2.01. The quantitative estimate of drug-likeness (QED) is 0.620. The first-order valence-corrected chi connectivity index (χ1v) is 10.7. The third-order valence-corrected chi connectivity index (χ3v) is 6.04. The Labute approximate surface area is 172 Å². The number of rotatable bonds is 9. The van der Waals surface area contributed by atoms with Crippen LogP contribution in [-0.4, -0.2) is 49.5 Å². The largest absolute Gasteiger partial charge is 0.497 e. The van der Waals surface area contributed by atoms with Crippen molar-refractivity contribution < 1.29 is 18.7 Å². The Balaban J connectivity index is 1.51. The summed E-state index contributed by atoms with van der Waals surface area (Å²) in [5.41, 5.74) is 0.488. The first-order chi connectivity index (χ1) is 14.1. The third-order valence-electron chi connectivity index (χ3n) is 6.04. The van der Waals surface area contributed by atoms with Crippen molar-refractivity contribution in [1.29, 1.82) is 0 Å². The molecule has 2 amide bonds. The molecule has 1 aliphatic heterocycles. The zero-order valence-electron chi connectivity index (χ0n) is 17.2. The van der Waals surface area contributed by atoms with Crippen LogP contribution < -0.4 is 15.4 Å². The van der Waals surface area contributed by atoms with Crippen molar-refractivity contribution >= 4 is 11.8 Å². The third kappa shape index (κ3) is 6.16. The van der Waals surface area contributed by atoms with Gasteiger partial charge in [0.15, 0.2) is 0 Å². The molecule has 1 aromatic carbocycles. The minimum absolute atomic E-state index is 0.0903. The smallest absolute Gasteiger partial charge is 0.237 e. The Morgan fingerprint density at radius 3 is 2.86 bits per heavy atom. The van der Waals surface area contributed by atoms with E-state index in [1.54, 1.807) is 12.1 Å². The lowest BCUT2D eigenvalue weighted by Gasteiger charge is -2.34. The van der Waals surface area contributed by atoms with Crippen LogP contribution in [0.2, 0.25) is 0 Å². The fourth-order valence-corrected chi connectivity index (χ4v) is 4.34. The van der Waals surface area contributed by atoms with E-state index in [0.717, 1.165) is 18.8 Å². The highest BCUT2D eigenvalue weighted by Gasteiger charge is 2.32. The van der Waals surface area contributed by atoms with E-state index in [1.807, 2.05) is 4.90 Å². The van der Waals surface area contributed by atoms with E-state index in [-0.39, 0.29) is 30.6 Å². The Morgan fingerprint density at radius 2 is 2.14 bits per heavy atom. The molecule has 1 atom stereocenters. The average molecular weight is 406 g/mol. The SMILES string of the molecule is COc1ccc(CN2CCNC(=O)[C@@H]2CC(=O)NCCCC2CCCC2)c(F)c1. The molecule has 0 spiro atoms. The number of amides is 2. The Bertz CT molecular complexity index is 707. The summed E-state index contributed by atoms with van der Waals surface area (Å²) in [6, 6.07) is 4.13. The monoisotopic (exact) mass is 405 g/mol. The second kappa shape index (κ2) is 10.6. The average Bonchev–Trinajstić information content (AvgIpc) is 3.23. The predicted molar refractivity (Wildman–Crippen MR) is 109 cm³/mol. The molecule has 29 heavy (non-hydrogen) atoms. The van der Waals surface area contributed by atoms with E-state index in [1.165, 1.54) is 38.9 Å². The Morgan fingerprint density at radius 1 is 1.34 bits per heavy atom. The number of halogens is 1. The van der Waals surface area contributed by atoms with E-state index in [9.17, 15) is 14.0 Å². The van der Waals surface area contributed by atoms with Crippen LogP contribution in [0.15, 0.2) is 18.2 Å². The Hall–Kier alpha value is -2.15. The van der Waals surface area contributed by atoms with Gasteiger partial charge in [-0.1, -0.05) is 31.7 Å². The van der Waals surface area contributed by atoms with E-state index >= 15 is 0 Å². The van der Waals surface area contributed by atoms with Gasteiger partial charge < -0.3 is 15.4 Å². The van der Waals surface area contributed by atoms with Crippen molar-refractivity contribution in [2.45, 2.75) is 57.5 Å². The highest BCUT2D eigenvalue weighted by atomic mass is 19.1. The lowest BCUT2D eigenvalue weighted by molar-refractivity contribution is -0.134. The summed E-state index contributed by atoms with van der Waals surface area (Å²) in [6.07, 6.45) is 7.52. The zero-order chi connectivity index (χ0) is 20.6. The van der Waals surface area contributed by atoms with Gasteiger partial charge in [0, 0.05) is 37.8 Å². The van der Waals surface area contributed by atoms with Crippen LogP contribution >= 0.6 is 0 Å². The molecule has 3 rings (SSSR count). The highest BCUT2D eigenvalue weighted by molar-refractivity contribution is 5.88. The summed E-state index contributed by atoms with van der Waals surface area (Å²) in [5, 5.41) is 5.77. The molecular weight excluding hydrogens is 373 g/mol. The van der Waals surface area contributed by atoms with Gasteiger partial charge in [0.1, 0.15) is 11.6 Å². The van der Waals surface area contributed by atoms with Crippen molar-refractivity contribution in [3.8, 4) is 5.75 Å². The van der Waals surface area contributed by atoms with Gasteiger partial charge in [0.25, 0.3) is 0 Å². The maximum absolute atomic E-state index is 14.3. The molecule has 1 heterocycles. The number of methoxy groups -OCH3 is 1. The second-order valence-electron chi connectivity index (χ2n) is 8.08. The zero-order valence-corrected chi connectivity index (χ0v) is 17.2. The van der Waals surface area contributed by atoms with Gasteiger partial charge in [-0.25, -0.2) is 4.39 Å². The number of piperazine rings is 1. The fraction of sp³-hybridized carbons (Fsp3) is 0.636. The van der Waals surface area contributed by atoms with Gasteiger partial charge >= 0.3 is 0 Å². The van der Waals surface area contributed by atoms with Crippen LogP contribution in [0.3, 0.4) is 0 Å². The van der Waals surface area contributed by atoms with E-state index in [0.29, 0.717) is 30.9 Å². The minimum Gasteiger partial charge on any atom is -0.497 e. The molecule has 1 saturated carbocycles. The van der Waals surface area contributed by atoms with Crippen molar-refractivity contribution in [2.24, 2.45) is 5.92 Å². The molecule has 7 heteroatoms. The van der Waals surface area contributed by atoms with Crippen LogP contribution in [0, 0.1) is 11.7 Å². The van der Waals surface area contributed by atoms with Gasteiger partial charge in [0.05, 0.1) is 19.6 Å². The molecule has 0 bridgehead atoms. The number of carbonyl (C=O) groups is 2. The van der Waals surface area contributed by atoms with Gasteiger partial charge in [-0.15, -0.1) is 0 Å². The number of nitrogens with one attached hydrogen (secondary N) is 2. The minimum atomic E-state index is -0.583. The number of hydrogen-bond acceptors (Lipinski definition) is 4. The fourth-order valence-electron chi connectivity index (χ4n) is 4.34. The second-order valence-corrected chi connectivity index (χ2v) is 8.08. The molecule has 2 fully saturated rings. The van der Waals surface area contributed by atoms with E-state index in [2.05, 4.69) is 10.6 Å². The van der Waals surface area contributed by atoms with Crippen molar-refractivity contribution in [3.05, 3.63) is 29.6 Å². The molecule has 0 unspecified atom stereocenters. The summed E-state index contributed by atoms with van der Waals surface area (Å²) in [4.78, 5) is 26.6. The lowest BCUT2D eigenvalue weighted by Crippen LogP contribution is -2.56. The summed E-state index contributed by atoms with van der Waals surface area (Å²) in [7, 11) is 1.49. The number of ether oxygens (including phenoxy) is 1. The van der Waals surface area contributed by atoms with Crippen molar-refractivity contribution in [1.82, 2.24) is 15.5 Å². The van der Waals surface area contributed by atoms with Crippen LogP contribution in [0.25, 0.3) is 0 Å². The molecule has 0 radical (unpaired) electrons.